The van der Waals surface area contributed by atoms with Crippen LogP contribution in [0.1, 0.15) is 10.4 Å². The lowest BCUT2D eigenvalue weighted by Crippen LogP contribution is -2.13. The lowest BCUT2D eigenvalue weighted by molar-refractivity contribution is 0.102. The summed E-state index contributed by atoms with van der Waals surface area (Å²) >= 11 is 1.12. The van der Waals surface area contributed by atoms with Gasteiger partial charge in [-0.2, -0.15) is 8.75 Å². The van der Waals surface area contributed by atoms with E-state index in [4.69, 9.17) is 4.74 Å². The van der Waals surface area contributed by atoms with E-state index in [1.165, 1.54) is 7.11 Å². The number of benzene rings is 2. The van der Waals surface area contributed by atoms with Crippen LogP contribution in [0.5, 0.6) is 5.75 Å². The zero-order valence-corrected chi connectivity index (χ0v) is 11.5. The van der Waals surface area contributed by atoms with E-state index in [0.29, 0.717) is 22.5 Å². The second-order valence-electron chi connectivity index (χ2n) is 4.09. The second kappa shape index (κ2) is 5.26. The summed E-state index contributed by atoms with van der Waals surface area (Å²) < 4.78 is 13.5. The first-order valence-electron chi connectivity index (χ1n) is 5.95. The molecule has 0 radical (unpaired) electrons. The monoisotopic (exact) mass is 285 g/mol. The number of methoxy groups -OCH3 is 1. The van der Waals surface area contributed by atoms with Crippen molar-refractivity contribution in [3.63, 3.8) is 0 Å². The van der Waals surface area contributed by atoms with E-state index in [-0.39, 0.29) is 5.91 Å². The third-order valence-electron chi connectivity index (χ3n) is 2.89. The molecule has 0 atom stereocenters. The van der Waals surface area contributed by atoms with Crippen LogP contribution in [-0.4, -0.2) is 21.8 Å². The third kappa shape index (κ3) is 2.21. The van der Waals surface area contributed by atoms with Crippen molar-refractivity contribution >= 4 is 34.4 Å². The first kappa shape index (κ1) is 12.6. The first-order chi connectivity index (χ1) is 9.79. The third-order valence-corrected chi connectivity index (χ3v) is 3.43. The fourth-order valence-electron chi connectivity index (χ4n) is 1.93. The quantitative estimate of drug-likeness (QED) is 0.803. The van der Waals surface area contributed by atoms with Gasteiger partial charge in [0.05, 0.1) is 30.1 Å². The van der Waals surface area contributed by atoms with Crippen molar-refractivity contribution in [1.29, 1.82) is 0 Å². The summed E-state index contributed by atoms with van der Waals surface area (Å²) in [6.45, 7) is 0. The van der Waals surface area contributed by atoms with Crippen molar-refractivity contribution in [2.45, 2.75) is 0 Å². The largest absolute Gasteiger partial charge is 0.496 e. The van der Waals surface area contributed by atoms with E-state index in [1.807, 2.05) is 18.2 Å². The normalized spacial score (nSPS) is 10.4. The Morgan fingerprint density at radius 1 is 1.15 bits per heavy atom. The lowest BCUT2D eigenvalue weighted by Gasteiger charge is -2.09. The number of aromatic nitrogens is 2. The summed E-state index contributed by atoms with van der Waals surface area (Å²) in [4.78, 5) is 12.3. The molecule has 2 aromatic carbocycles. The van der Waals surface area contributed by atoms with Gasteiger partial charge in [0.15, 0.2) is 0 Å². The number of para-hydroxylation sites is 1. The van der Waals surface area contributed by atoms with E-state index in [9.17, 15) is 4.79 Å². The number of amides is 1. The highest BCUT2D eigenvalue weighted by Gasteiger charge is 2.13. The van der Waals surface area contributed by atoms with Gasteiger partial charge >= 0.3 is 0 Å². The average Bonchev–Trinajstić information content (AvgIpc) is 2.96. The molecule has 1 N–H and O–H groups in total. The Balaban J connectivity index is 1.95. The van der Waals surface area contributed by atoms with Crippen LogP contribution in [0, 0.1) is 0 Å². The van der Waals surface area contributed by atoms with Crippen LogP contribution >= 0.6 is 11.7 Å². The predicted molar refractivity (Wildman–Crippen MR) is 78.4 cm³/mol. The Hall–Kier alpha value is -2.47. The number of nitrogens with zero attached hydrogens (tertiary/aromatic N) is 2. The maximum atomic E-state index is 12.3. The molecule has 100 valence electrons. The molecule has 0 fully saturated rings. The number of hydrogen-bond donors (Lipinski definition) is 1. The summed E-state index contributed by atoms with van der Waals surface area (Å²) in [5, 5.41) is 2.85. The van der Waals surface area contributed by atoms with Gasteiger partial charge in [0.25, 0.3) is 5.91 Å². The van der Waals surface area contributed by atoms with Crippen LogP contribution in [0.2, 0.25) is 0 Å². The van der Waals surface area contributed by atoms with Gasteiger partial charge in [-0.1, -0.05) is 18.2 Å². The lowest BCUT2D eigenvalue weighted by atomic mass is 10.1. The molecule has 6 heteroatoms. The molecule has 0 unspecified atom stereocenters. The minimum atomic E-state index is -0.233. The summed E-state index contributed by atoms with van der Waals surface area (Å²) in [6.07, 6.45) is 0. The molecule has 0 bridgehead atoms. The van der Waals surface area contributed by atoms with Crippen molar-refractivity contribution in [2.75, 3.05) is 12.4 Å². The molecule has 0 aliphatic heterocycles. The highest BCUT2D eigenvalue weighted by molar-refractivity contribution is 7.00. The van der Waals surface area contributed by atoms with Crippen molar-refractivity contribution < 1.29 is 9.53 Å². The van der Waals surface area contributed by atoms with E-state index in [1.54, 1.807) is 24.3 Å². The van der Waals surface area contributed by atoms with E-state index in [0.717, 1.165) is 17.2 Å². The van der Waals surface area contributed by atoms with Gasteiger partial charge in [0.2, 0.25) is 0 Å². The number of anilines is 1. The molecule has 1 heterocycles. The highest BCUT2D eigenvalue weighted by atomic mass is 32.1. The summed E-state index contributed by atoms with van der Waals surface area (Å²) in [5.74, 6) is 0.302. The number of carbonyl (C=O) groups excluding carboxylic acids is 1. The zero-order chi connectivity index (χ0) is 13.9. The summed E-state index contributed by atoms with van der Waals surface area (Å²) in [6, 6.07) is 12.6. The number of ether oxygens (including phenoxy) is 1. The highest BCUT2D eigenvalue weighted by Crippen LogP contribution is 2.23. The summed E-state index contributed by atoms with van der Waals surface area (Å²) in [7, 11) is 1.54. The van der Waals surface area contributed by atoms with Crippen LogP contribution < -0.4 is 10.1 Å². The smallest absolute Gasteiger partial charge is 0.259 e. The topological polar surface area (TPSA) is 64.1 Å². The number of carbonyl (C=O) groups is 1. The Labute approximate surface area is 119 Å². The van der Waals surface area contributed by atoms with Crippen molar-refractivity contribution in [3.8, 4) is 5.75 Å². The number of hydrogen-bond acceptors (Lipinski definition) is 5. The first-order valence-corrected chi connectivity index (χ1v) is 6.68. The molecular formula is C14H11N3O2S. The van der Waals surface area contributed by atoms with Gasteiger partial charge in [0, 0.05) is 0 Å². The molecule has 0 saturated heterocycles. The zero-order valence-electron chi connectivity index (χ0n) is 10.7. The number of nitrogens with one attached hydrogen (secondary N) is 1. The standard InChI is InChI=1S/C14H11N3O2S/c1-19-12-8-3-2-5-9(12)14(18)15-10-6-4-7-11-13(10)17-20-16-11/h2-8H,1H3,(H,15,18). The molecule has 0 saturated carbocycles. The average molecular weight is 285 g/mol. The van der Waals surface area contributed by atoms with Crippen molar-refractivity contribution in [2.24, 2.45) is 0 Å². The van der Waals surface area contributed by atoms with Gasteiger partial charge in [0.1, 0.15) is 16.8 Å². The minimum absolute atomic E-state index is 0.233. The van der Waals surface area contributed by atoms with Crippen LogP contribution in [-0.2, 0) is 0 Å². The Kier molecular flexibility index (Phi) is 3.30. The molecular weight excluding hydrogens is 274 g/mol. The second-order valence-corrected chi connectivity index (χ2v) is 4.62. The molecule has 0 spiro atoms. The van der Waals surface area contributed by atoms with Crippen LogP contribution in [0.4, 0.5) is 5.69 Å². The SMILES string of the molecule is COc1ccccc1C(=O)Nc1cccc2nsnc12. The summed E-state index contributed by atoms with van der Waals surface area (Å²) in [5.41, 5.74) is 2.59. The molecule has 0 aliphatic carbocycles. The predicted octanol–water partition coefficient (Wildman–Crippen LogP) is 2.95. The Morgan fingerprint density at radius 3 is 2.85 bits per heavy atom. The fraction of sp³-hybridized carbons (Fsp3) is 0.0714. The molecule has 0 aliphatic rings. The molecule has 1 aromatic heterocycles. The molecule has 20 heavy (non-hydrogen) atoms. The Morgan fingerprint density at radius 2 is 2.00 bits per heavy atom. The van der Waals surface area contributed by atoms with Crippen LogP contribution in [0.3, 0.4) is 0 Å². The molecule has 5 nitrogen and oxygen atoms in total. The maximum Gasteiger partial charge on any atom is 0.259 e. The number of rotatable bonds is 3. The van der Waals surface area contributed by atoms with Crippen molar-refractivity contribution in [3.05, 3.63) is 48.0 Å². The van der Waals surface area contributed by atoms with Gasteiger partial charge in [-0.15, -0.1) is 0 Å². The maximum absolute atomic E-state index is 12.3. The van der Waals surface area contributed by atoms with E-state index in [2.05, 4.69) is 14.1 Å². The number of fused-ring (bicyclic) bond motifs is 1. The minimum Gasteiger partial charge on any atom is -0.496 e. The van der Waals surface area contributed by atoms with E-state index >= 15 is 0 Å². The fourth-order valence-corrected chi connectivity index (χ4v) is 2.48. The molecule has 3 aromatic rings. The molecule has 3 rings (SSSR count). The van der Waals surface area contributed by atoms with Gasteiger partial charge < -0.3 is 10.1 Å². The van der Waals surface area contributed by atoms with Crippen molar-refractivity contribution in [1.82, 2.24) is 8.75 Å². The van der Waals surface area contributed by atoms with E-state index < -0.39 is 0 Å². The Bertz CT molecular complexity index is 770. The van der Waals surface area contributed by atoms with Crippen LogP contribution in [0.25, 0.3) is 11.0 Å². The van der Waals surface area contributed by atoms with Crippen LogP contribution in [0.15, 0.2) is 42.5 Å². The van der Waals surface area contributed by atoms with Gasteiger partial charge in [-0.3, -0.25) is 4.79 Å². The molecule has 1 amide bonds. The van der Waals surface area contributed by atoms with Gasteiger partial charge in [-0.05, 0) is 24.3 Å². The van der Waals surface area contributed by atoms with Gasteiger partial charge in [-0.25, -0.2) is 0 Å².